The van der Waals surface area contributed by atoms with Crippen molar-refractivity contribution in [2.75, 3.05) is 24.6 Å². The predicted molar refractivity (Wildman–Crippen MR) is 61.9 cm³/mol. The summed E-state index contributed by atoms with van der Waals surface area (Å²) in [5, 5.41) is 17.0. The molecule has 0 radical (unpaired) electrons. The average Bonchev–Trinajstić information content (AvgIpc) is 2.78. The Kier molecular flexibility index (Phi) is 3.69. The molecule has 1 aliphatic heterocycles. The van der Waals surface area contributed by atoms with E-state index in [2.05, 4.69) is 15.1 Å². The van der Waals surface area contributed by atoms with Crippen LogP contribution in [0.2, 0.25) is 0 Å². The highest BCUT2D eigenvalue weighted by Crippen LogP contribution is 2.25. The first-order valence-electron chi connectivity index (χ1n) is 5.71. The van der Waals surface area contributed by atoms with Gasteiger partial charge in [0, 0.05) is 31.8 Å². The molecule has 0 amide bonds. The minimum atomic E-state index is 0.267. The van der Waals surface area contributed by atoms with Crippen molar-refractivity contribution >= 4 is 5.82 Å². The van der Waals surface area contributed by atoms with E-state index in [1.54, 1.807) is 6.20 Å². The van der Waals surface area contributed by atoms with Gasteiger partial charge in [0.15, 0.2) is 5.82 Å². The maximum Gasteiger partial charge on any atom is 0.155 e. The van der Waals surface area contributed by atoms with Gasteiger partial charge < -0.3 is 15.7 Å². The summed E-state index contributed by atoms with van der Waals surface area (Å²) in [6.45, 7) is 2.69. The van der Waals surface area contributed by atoms with Gasteiger partial charge in [-0.05, 0) is 24.8 Å². The number of hydrogen-bond acceptors (Lipinski definition) is 5. The molecule has 3 N–H and O–H groups in total. The van der Waals surface area contributed by atoms with Crippen molar-refractivity contribution in [2.45, 2.75) is 19.4 Å². The second-order valence-corrected chi connectivity index (χ2v) is 4.20. The van der Waals surface area contributed by atoms with E-state index in [4.69, 9.17) is 10.8 Å². The first kappa shape index (κ1) is 11.3. The lowest BCUT2D eigenvalue weighted by molar-refractivity contribution is 0.263. The Morgan fingerprint density at radius 3 is 3.19 bits per heavy atom. The molecule has 1 aromatic rings. The van der Waals surface area contributed by atoms with Crippen LogP contribution < -0.4 is 10.6 Å². The first-order valence-corrected chi connectivity index (χ1v) is 5.71. The third-order valence-electron chi connectivity index (χ3n) is 3.12. The molecule has 1 fully saturated rings. The van der Waals surface area contributed by atoms with Crippen LogP contribution in [-0.4, -0.2) is 35.0 Å². The normalized spacial score (nSPS) is 20.4. The number of anilines is 1. The third kappa shape index (κ3) is 2.31. The molecule has 0 aliphatic carbocycles. The molecule has 0 saturated carbocycles. The van der Waals surface area contributed by atoms with Crippen LogP contribution in [0, 0.1) is 5.92 Å². The molecule has 88 valence electrons. The van der Waals surface area contributed by atoms with E-state index in [1.165, 1.54) is 0 Å². The van der Waals surface area contributed by atoms with Crippen LogP contribution in [0.1, 0.15) is 18.4 Å². The molecule has 1 saturated heterocycles. The van der Waals surface area contributed by atoms with Gasteiger partial charge in [-0.2, -0.15) is 5.10 Å². The molecule has 1 aromatic heterocycles. The minimum absolute atomic E-state index is 0.267. The fraction of sp³-hybridized carbons (Fsp3) is 0.636. The van der Waals surface area contributed by atoms with Crippen molar-refractivity contribution in [3.05, 3.63) is 17.8 Å². The molecule has 1 aliphatic rings. The van der Waals surface area contributed by atoms with Crippen molar-refractivity contribution in [1.29, 1.82) is 0 Å². The Balaban J connectivity index is 2.08. The van der Waals surface area contributed by atoms with Crippen LogP contribution >= 0.6 is 0 Å². The molecule has 16 heavy (non-hydrogen) atoms. The van der Waals surface area contributed by atoms with E-state index < -0.39 is 0 Å². The number of hydrogen-bond donors (Lipinski definition) is 2. The number of aromatic nitrogens is 2. The van der Waals surface area contributed by atoms with Gasteiger partial charge >= 0.3 is 0 Å². The minimum Gasteiger partial charge on any atom is -0.396 e. The highest BCUT2D eigenvalue weighted by atomic mass is 16.3. The third-order valence-corrected chi connectivity index (χ3v) is 3.12. The van der Waals surface area contributed by atoms with E-state index in [0.29, 0.717) is 12.5 Å². The fourth-order valence-corrected chi connectivity index (χ4v) is 2.22. The van der Waals surface area contributed by atoms with Gasteiger partial charge in [-0.15, -0.1) is 5.10 Å². The van der Waals surface area contributed by atoms with Crippen molar-refractivity contribution in [1.82, 2.24) is 10.2 Å². The smallest absolute Gasteiger partial charge is 0.155 e. The maximum absolute atomic E-state index is 8.92. The quantitative estimate of drug-likeness (QED) is 0.758. The van der Waals surface area contributed by atoms with Crippen molar-refractivity contribution < 1.29 is 5.11 Å². The van der Waals surface area contributed by atoms with Crippen LogP contribution in [-0.2, 0) is 6.54 Å². The van der Waals surface area contributed by atoms with Gasteiger partial charge in [0.2, 0.25) is 0 Å². The van der Waals surface area contributed by atoms with E-state index in [9.17, 15) is 0 Å². The van der Waals surface area contributed by atoms with Crippen LogP contribution in [0.4, 0.5) is 5.82 Å². The molecule has 0 bridgehead atoms. The zero-order valence-electron chi connectivity index (χ0n) is 9.34. The Hall–Kier alpha value is -1.20. The highest BCUT2D eigenvalue weighted by molar-refractivity contribution is 5.46. The Labute approximate surface area is 95.3 Å². The van der Waals surface area contributed by atoms with Crippen molar-refractivity contribution in [3.8, 4) is 0 Å². The van der Waals surface area contributed by atoms with Crippen LogP contribution in [0.3, 0.4) is 0 Å². The van der Waals surface area contributed by atoms with Gasteiger partial charge in [0.1, 0.15) is 0 Å². The molecule has 2 rings (SSSR count). The molecule has 0 spiro atoms. The second kappa shape index (κ2) is 5.23. The molecule has 1 unspecified atom stereocenters. The number of nitrogens with zero attached hydrogens (tertiary/aromatic N) is 3. The molecule has 2 heterocycles. The summed E-state index contributed by atoms with van der Waals surface area (Å²) in [5.74, 6) is 1.48. The van der Waals surface area contributed by atoms with Gasteiger partial charge in [0.25, 0.3) is 0 Å². The highest BCUT2D eigenvalue weighted by Gasteiger charge is 2.24. The molecule has 0 aromatic carbocycles. The Morgan fingerprint density at radius 2 is 2.44 bits per heavy atom. The topological polar surface area (TPSA) is 75.3 Å². The summed E-state index contributed by atoms with van der Waals surface area (Å²) < 4.78 is 0. The standard InChI is InChI=1S/C11H18N4O/c12-7-10-1-4-13-14-11(10)15-5-2-9(8-15)3-6-16/h1,4,9,16H,2-3,5-8,12H2. The van der Waals surface area contributed by atoms with Gasteiger partial charge in [-0.3, -0.25) is 0 Å². The number of aliphatic hydroxyl groups excluding tert-OH is 1. The summed E-state index contributed by atoms with van der Waals surface area (Å²) in [6, 6.07) is 1.92. The van der Waals surface area contributed by atoms with Crippen molar-refractivity contribution in [2.24, 2.45) is 11.7 Å². The second-order valence-electron chi connectivity index (χ2n) is 4.20. The summed E-state index contributed by atoms with van der Waals surface area (Å²) in [5.41, 5.74) is 6.72. The maximum atomic E-state index is 8.92. The largest absolute Gasteiger partial charge is 0.396 e. The molecular weight excluding hydrogens is 204 g/mol. The van der Waals surface area contributed by atoms with E-state index in [0.717, 1.165) is 37.3 Å². The van der Waals surface area contributed by atoms with Gasteiger partial charge in [-0.25, -0.2) is 0 Å². The van der Waals surface area contributed by atoms with Gasteiger partial charge in [-0.1, -0.05) is 0 Å². The van der Waals surface area contributed by atoms with E-state index >= 15 is 0 Å². The predicted octanol–water partition coefficient (Wildman–Crippen LogP) is 0.144. The lowest BCUT2D eigenvalue weighted by Gasteiger charge is -2.19. The SMILES string of the molecule is NCc1ccnnc1N1CCC(CCO)C1. The van der Waals surface area contributed by atoms with E-state index in [-0.39, 0.29) is 6.61 Å². The zero-order chi connectivity index (χ0) is 11.4. The van der Waals surface area contributed by atoms with Crippen molar-refractivity contribution in [3.63, 3.8) is 0 Å². The molecule has 5 heteroatoms. The lowest BCUT2D eigenvalue weighted by Crippen LogP contribution is -2.23. The number of rotatable bonds is 4. The Morgan fingerprint density at radius 1 is 1.56 bits per heavy atom. The lowest BCUT2D eigenvalue weighted by atomic mass is 10.1. The Bertz CT molecular complexity index is 345. The average molecular weight is 222 g/mol. The summed E-state index contributed by atoms with van der Waals surface area (Å²) in [4.78, 5) is 2.22. The van der Waals surface area contributed by atoms with Crippen LogP contribution in [0.5, 0.6) is 0 Å². The fourth-order valence-electron chi connectivity index (χ4n) is 2.22. The van der Waals surface area contributed by atoms with Crippen LogP contribution in [0.25, 0.3) is 0 Å². The summed E-state index contributed by atoms with van der Waals surface area (Å²) in [6.07, 6.45) is 3.66. The number of nitrogens with two attached hydrogens (primary N) is 1. The molecule has 5 nitrogen and oxygen atoms in total. The summed E-state index contributed by atoms with van der Waals surface area (Å²) >= 11 is 0. The zero-order valence-corrected chi connectivity index (χ0v) is 9.34. The van der Waals surface area contributed by atoms with Gasteiger partial charge in [0.05, 0.1) is 6.20 Å². The molecule has 1 atom stereocenters. The van der Waals surface area contributed by atoms with Crippen LogP contribution in [0.15, 0.2) is 12.3 Å². The van der Waals surface area contributed by atoms with E-state index in [1.807, 2.05) is 6.07 Å². The monoisotopic (exact) mass is 222 g/mol. The molecular formula is C11H18N4O. The summed E-state index contributed by atoms with van der Waals surface area (Å²) in [7, 11) is 0. The first-order chi connectivity index (χ1) is 7.85. The number of aliphatic hydroxyl groups is 1.